The van der Waals surface area contributed by atoms with Gasteiger partial charge in [0.1, 0.15) is 0 Å². The Balaban J connectivity index is 1.99. The molecule has 21 heavy (non-hydrogen) atoms. The van der Waals surface area contributed by atoms with Gasteiger partial charge in [-0.3, -0.25) is 9.78 Å². The van der Waals surface area contributed by atoms with Crippen molar-refractivity contribution in [2.24, 2.45) is 0 Å². The van der Waals surface area contributed by atoms with E-state index < -0.39 is 11.7 Å². The first-order valence-corrected chi connectivity index (χ1v) is 6.01. The second-order valence-electron chi connectivity index (χ2n) is 4.18. The van der Waals surface area contributed by atoms with Crippen molar-refractivity contribution in [3.63, 3.8) is 0 Å². The normalized spacial score (nSPS) is 11.6. The number of rotatable bonds is 3. The van der Waals surface area contributed by atoms with Crippen molar-refractivity contribution >= 4 is 17.7 Å². The number of benzene rings is 1. The molecule has 0 saturated carbocycles. The number of pyridine rings is 1. The number of nitrogens with one attached hydrogen (secondary N) is 1. The molecule has 108 valence electrons. The summed E-state index contributed by atoms with van der Waals surface area (Å²) in [4.78, 5) is 15.4. The number of aromatic nitrogens is 1. The Hall–Kier alpha value is -2.63. The molecule has 3 nitrogen and oxygen atoms in total. The van der Waals surface area contributed by atoms with Gasteiger partial charge < -0.3 is 5.32 Å². The molecule has 2 rings (SSSR count). The molecule has 1 heterocycles. The lowest BCUT2D eigenvalue weighted by Crippen LogP contribution is -2.07. The summed E-state index contributed by atoms with van der Waals surface area (Å²) in [6, 6.07) is 7.90. The third kappa shape index (κ3) is 4.45. The van der Waals surface area contributed by atoms with Crippen LogP contribution in [0.3, 0.4) is 0 Å². The molecule has 0 saturated heterocycles. The molecule has 6 heteroatoms. The smallest absolute Gasteiger partial charge is 0.321 e. The van der Waals surface area contributed by atoms with Crippen LogP contribution < -0.4 is 5.32 Å². The fourth-order valence-corrected chi connectivity index (χ4v) is 1.58. The largest absolute Gasteiger partial charge is 0.416 e. The van der Waals surface area contributed by atoms with Crippen LogP contribution in [0.25, 0.3) is 6.08 Å². The van der Waals surface area contributed by atoms with E-state index in [9.17, 15) is 18.0 Å². The zero-order valence-electron chi connectivity index (χ0n) is 10.8. The van der Waals surface area contributed by atoms with Crippen LogP contribution in [-0.2, 0) is 11.0 Å². The SMILES string of the molecule is O=C(/C=C/c1ccc(C(F)(F)F)cc1)Nc1cccnc1. The van der Waals surface area contributed by atoms with E-state index in [1.807, 2.05) is 0 Å². The number of amides is 1. The van der Waals surface area contributed by atoms with Gasteiger partial charge in [0.15, 0.2) is 0 Å². The van der Waals surface area contributed by atoms with Crippen molar-refractivity contribution in [3.05, 3.63) is 66.0 Å². The van der Waals surface area contributed by atoms with Crippen LogP contribution in [0.2, 0.25) is 0 Å². The fourth-order valence-electron chi connectivity index (χ4n) is 1.58. The summed E-state index contributed by atoms with van der Waals surface area (Å²) >= 11 is 0. The van der Waals surface area contributed by atoms with E-state index in [0.717, 1.165) is 12.1 Å². The third-order valence-corrected chi connectivity index (χ3v) is 2.59. The predicted molar refractivity (Wildman–Crippen MR) is 73.3 cm³/mol. The molecular weight excluding hydrogens is 281 g/mol. The van der Waals surface area contributed by atoms with E-state index in [1.165, 1.54) is 30.5 Å². The van der Waals surface area contributed by atoms with Gasteiger partial charge in [0, 0.05) is 12.3 Å². The standard InChI is InChI=1S/C15H11F3N2O/c16-15(17,18)12-6-3-11(4-7-12)5-8-14(21)20-13-2-1-9-19-10-13/h1-10H,(H,20,21)/b8-5+. The van der Waals surface area contributed by atoms with Gasteiger partial charge in [0.05, 0.1) is 17.4 Å². The Morgan fingerprint density at radius 2 is 1.86 bits per heavy atom. The molecule has 1 aromatic carbocycles. The molecule has 0 fully saturated rings. The molecule has 0 radical (unpaired) electrons. The minimum absolute atomic E-state index is 0.386. The summed E-state index contributed by atoms with van der Waals surface area (Å²) in [5.74, 6) is -0.386. The van der Waals surface area contributed by atoms with Crippen molar-refractivity contribution in [2.75, 3.05) is 5.32 Å². The van der Waals surface area contributed by atoms with Crippen molar-refractivity contribution in [1.82, 2.24) is 4.98 Å². The molecule has 0 spiro atoms. The third-order valence-electron chi connectivity index (χ3n) is 2.59. The van der Waals surface area contributed by atoms with Crippen molar-refractivity contribution in [2.45, 2.75) is 6.18 Å². The zero-order chi connectivity index (χ0) is 15.3. The van der Waals surface area contributed by atoms with Gasteiger partial charge in [-0.2, -0.15) is 13.2 Å². The first-order chi connectivity index (χ1) is 9.95. The summed E-state index contributed by atoms with van der Waals surface area (Å²) in [6.07, 6.45) is 1.39. The van der Waals surface area contributed by atoms with E-state index in [2.05, 4.69) is 10.3 Å². The zero-order valence-corrected chi connectivity index (χ0v) is 10.8. The Bertz CT molecular complexity index is 634. The number of alkyl halides is 3. The highest BCUT2D eigenvalue weighted by Crippen LogP contribution is 2.29. The van der Waals surface area contributed by atoms with Gasteiger partial charge >= 0.3 is 6.18 Å². The maximum atomic E-state index is 12.4. The van der Waals surface area contributed by atoms with Crippen LogP contribution in [0.5, 0.6) is 0 Å². The summed E-state index contributed by atoms with van der Waals surface area (Å²) < 4.78 is 37.2. The Morgan fingerprint density at radius 1 is 1.14 bits per heavy atom. The molecule has 2 aromatic rings. The molecule has 0 bridgehead atoms. The molecule has 1 aromatic heterocycles. The van der Waals surface area contributed by atoms with Crippen LogP contribution >= 0.6 is 0 Å². The van der Waals surface area contributed by atoms with Gasteiger partial charge in [-0.15, -0.1) is 0 Å². The minimum atomic E-state index is -4.36. The number of hydrogen-bond acceptors (Lipinski definition) is 2. The molecule has 0 atom stereocenters. The van der Waals surface area contributed by atoms with Crippen LogP contribution in [0.4, 0.5) is 18.9 Å². The van der Waals surface area contributed by atoms with Gasteiger partial charge in [0.25, 0.3) is 0 Å². The van der Waals surface area contributed by atoms with Crippen LogP contribution in [0.1, 0.15) is 11.1 Å². The molecule has 0 unspecified atom stereocenters. The summed E-state index contributed by atoms with van der Waals surface area (Å²) in [5, 5.41) is 2.58. The summed E-state index contributed by atoms with van der Waals surface area (Å²) in [6.45, 7) is 0. The van der Waals surface area contributed by atoms with Crippen molar-refractivity contribution < 1.29 is 18.0 Å². The first kappa shape index (κ1) is 14.8. The molecule has 0 aliphatic rings. The summed E-state index contributed by atoms with van der Waals surface area (Å²) in [5.41, 5.74) is 0.323. The number of nitrogens with zero attached hydrogens (tertiary/aromatic N) is 1. The molecule has 1 amide bonds. The Morgan fingerprint density at radius 3 is 2.43 bits per heavy atom. The van der Waals surface area contributed by atoms with Crippen LogP contribution in [-0.4, -0.2) is 10.9 Å². The number of anilines is 1. The van der Waals surface area contributed by atoms with Crippen LogP contribution in [0, 0.1) is 0 Å². The van der Waals surface area contributed by atoms with E-state index in [-0.39, 0.29) is 5.91 Å². The highest BCUT2D eigenvalue weighted by molar-refractivity contribution is 6.01. The number of halogens is 3. The van der Waals surface area contributed by atoms with Crippen molar-refractivity contribution in [1.29, 1.82) is 0 Å². The highest BCUT2D eigenvalue weighted by Gasteiger charge is 2.29. The van der Waals surface area contributed by atoms with E-state index in [0.29, 0.717) is 11.3 Å². The number of carbonyl (C=O) groups is 1. The highest BCUT2D eigenvalue weighted by atomic mass is 19.4. The van der Waals surface area contributed by atoms with Crippen molar-refractivity contribution in [3.8, 4) is 0 Å². The second kappa shape index (κ2) is 6.21. The second-order valence-corrected chi connectivity index (χ2v) is 4.18. The molecule has 1 N–H and O–H groups in total. The molecular formula is C15H11F3N2O. The maximum Gasteiger partial charge on any atom is 0.416 e. The minimum Gasteiger partial charge on any atom is -0.321 e. The maximum absolute atomic E-state index is 12.4. The topological polar surface area (TPSA) is 42.0 Å². The van der Waals surface area contributed by atoms with E-state index in [4.69, 9.17) is 0 Å². The Kier molecular flexibility index (Phi) is 4.37. The lowest BCUT2D eigenvalue weighted by molar-refractivity contribution is -0.137. The van der Waals surface area contributed by atoms with Crippen LogP contribution in [0.15, 0.2) is 54.9 Å². The van der Waals surface area contributed by atoms with Gasteiger partial charge in [-0.05, 0) is 35.9 Å². The Labute approximate surface area is 119 Å². The van der Waals surface area contributed by atoms with E-state index >= 15 is 0 Å². The molecule has 0 aliphatic carbocycles. The lowest BCUT2D eigenvalue weighted by Gasteiger charge is -2.05. The predicted octanol–water partition coefficient (Wildman–Crippen LogP) is 3.75. The monoisotopic (exact) mass is 292 g/mol. The lowest BCUT2D eigenvalue weighted by atomic mass is 10.1. The molecule has 0 aliphatic heterocycles. The number of hydrogen-bond donors (Lipinski definition) is 1. The fraction of sp³-hybridized carbons (Fsp3) is 0.0667. The number of carbonyl (C=O) groups excluding carboxylic acids is 1. The average molecular weight is 292 g/mol. The first-order valence-electron chi connectivity index (χ1n) is 6.01. The van der Waals surface area contributed by atoms with E-state index in [1.54, 1.807) is 18.3 Å². The average Bonchev–Trinajstić information content (AvgIpc) is 2.46. The van der Waals surface area contributed by atoms with Gasteiger partial charge in [-0.1, -0.05) is 12.1 Å². The summed E-state index contributed by atoms with van der Waals surface area (Å²) in [7, 11) is 0. The quantitative estimate of drug-likeness (QED) is 0.875. The van der Waals surface area contributed by atoms with Gasteiger partial charge in [-0.25, -0.2) is 0 Å². The van der Waals surface area contributed by atoms with Gasteiger partial charge in [0.2, 0.25) is 5.91 Å².